The van der Waals surface area contributed by atoms with Crippen molar-refractivity contribution in [2.45, 2.75) is 13.0 Å². The van der Waals surface area contributed by atoms with Gasteiger partial charge >= 0.3 is 0 Å². The molecule has 8 heteroatoms. The Morgan fingerprint density at radius 3 is 2.64 bits per heavy atom. The summed E-state index contributed by atoms with van der Waals surface area (Å²) in [5.74, 6) is 0.396. The lowest BCUT2D eigenvalue weighted by atomic mass is 10.1. The molecule has 0 spiro atoms. The fourth-order valence-electron chi connectivity index (χ4n) is 2.80. The fraction of sp³-hybridized carbons (Fsp3) is 0.150. The van der Waals surface area contributed by atoms with Gasteiger partial charge in [0.2, 0.25) is 12.7 Å². The van der Waals surface area contributed by atoms with Crippen LogP contribution in [0.3, 0.4) is 0 Å². The van der Waals surface area contributed by atoms with Crippen molar-refractivity contribution in [1.82, 2.24) is 9.78 Å². The molecule has 2 aromatic carbocycles. The van der Waals surface area contributed by atoms with E-state index in [0.717, 1.165) is 10.2 Å². The molecule has 1 aliphatic heterocycles. The second-order valence-corrected chi connectivity index (χ2v) is 6.24. The molecule has 142 valence electrons. The predicted molar refractivity (Wildman–Crippen MR) is 99.8 cm³/mol. The molecule has 0 saturated heterocycles. The van der Waals surface area contributed by atoms with Crippen molar-refractivity contribution in [3.63, 3.8) is 0 Å². The second-order valence-electron chi connectivity index (χ2n) is 6.24. The number of anilines is 1. The zero-order valence-electron chi connectivity index (χ0n) is 14.9. The van der Waals surface area contributed by atoms with E-state index in [1.54, 1.807) is 31.2 Å². The van der Waals surface area contributed by atoms with E-state index in [9.17, 15) is 14.0 Å². The number of nitrogens with zero attached hydrogens (tertiary/aromatic N) is 2. The molecule has 1 unspecified atom stereocenters. The van der Waals surface area contributed by atoms with Crippen LogP contribution in [-0.4, -0.2) is 22.5 Å². The summed E-state index contributed by atoms with van der Waals surface area (Å²) < 4.78 is 24.8. The van der Waals surface area contributed by atoms with Gasteiger partial charge in [0.1, 0.15) is 11.9 Å². The number of fused-ring (bicyclic) bond motifs is 1. The molecule has 7 nitrogen and oxygen atoms in total. The molecule has 3 aromatic rings. The highest BCUT2D eigenvalue weighted by Crippen LogP contribution is 2.35. The summed E-state index contributed by atoms with van der Waals surface area (Å²) in [6, 6.07) is 12.8. The highest BCUT2D eigenvalue weighted by molar-refractivity contribution is 5.93. The van der Waals surface area contributed by atoms with Gasteiger partial charge in [-0.25, -0.2) is 9.07 Å². The third-order valence-electron chi connectivity index (χ3n) is 4.35. The van der Waals surface area contributed by atoms with Gasteiger partial charge in [-0.15, -0.1) is 0 Å². The number of nitrogens with one attached hydrogen (secondary N) is 1. The Kier molecular flexibility index (Phi) is 4.52. The lowest BCUT2D eigenvalue weighted by Gasteiger charge is -2.15. The van der Waals surface area contributed by atoms with Gasteiger partial charge in [0.15, 0.2) is 11.5 Å². The van der Waals surface area contributed by atoms with Gasteiger partial charge in [-0.3, -0.25) is 9.59 Å². The predicted octanol–water partition coefficient (Wildman–Crippen LogP) is 2.98. The van der Waals surface area contributed by atoms with Crippen LogP contribution in [0.2, 0.25) is 0 Å². The van der Waals surface area contributed by atoms with Crippen molar-refractivity contribution >= 4 is 11.6 Å². The number of benzene rings is 2. The number of amides is 1. The van der Waals surface area contributed by atoms with E-state index in [1.807, 2.05) is 0 Å². The zero-order chi connectivity index (χ0) is 19.7. The first-order chi connectivity index (χ1) is 13.5. The average molecular weight is 381 g/mol. The molecular weight excluding hydrogens is 365 g/mol. The number of ether oxygens (including phenoxy) is 2. The summed E-state index contributed by atoms with van der Waals surface area (Å²) in [4.78, 5) is 24.8. The Morgan fingerprint density at radius 1 is 1.11 bits per heavy atom. The number of carbonyl (C=O) groups is 1. The standard InChI is InChI=1S/C20H16FN3O4/c1-12(20(26)22-15-5-3-14(21)4-6-15)24-19(25)9-7-16(23-24)13-2-8-17-18(10-13)28-11-27-17/h2-10,12H,11H2,1H3,(H,22,26). The third kappa shape index (κ3) is 3.44. The first kappa shape index (κ1) is 17.7. The lowest BCUT2D eigenvalue weighted by Crippen LogP contribution is -2.33. The summed E-state index contributed by atoms with van der Waals surface area (Å²) in [7, 11) is 0. The van der Waals surface area contributed by atoms with Crippen LogP contribution in [0.5, 0.6) is 11.5 Å². The second kappa shape index (κ2) is 7.15. The number of hydrogen-bond donors (Lipinski definition) is 1. The topological polar surface area (TPSA) is 82.5 Å². The van der Waals surface area contributed by atoms with Crippen molar-refractivity contribution in [2.75, 3.05) is 12.1 Å². The maximum atomic E-state index is 13.0. The molecule has 1 aromatic heterocycles. The minimum atomic E-state index is -0.869. The van der Waals surface area contributed by atoms with E-state index in [1.165, 1.54) is 30.3 Å². The van der Waals surface area contributed by atoms with Crippen molar-refractivity contribution in [1.29, 1.82) is 0 Å². The molecule has 2 heterocycles. The molecule has 1 atom stereocenters. The first-order valence-corrected chi connectivity index (χ1v) is 8.57. The van der Waals surface area contributed by atoms with E-state index in [-0.39, 0.29) is 6.79 Å². The van der Waals surface area contributed by atoms with Gasteiger partial charge in [0.05, 0.1) is 5.69 Å². The Labute approximate surface area is 159 Å². The monoisotopic (exact) mass is 381 g/mol. The molecule has 1 aliphatic rings. The number of aromatic nitrogens is 2. The van der Waals surface area contributed by atoms with Crippen LogP contribution in [0, 0.1) is 5.82 Å². The average Bonchev–Trinajstić information content (AvgIpc) is 3.17. The number of rotatable bonds is 4. The van der Waals surface area contributed by atoms with Gasteiger partial charge in [0, 0.05) is 17.3 Å². The van der Waals surface area contributed by atoms with Gasteiger partial charge in [-0.05, 0) is 55.5 Å². The van der Waals surface area contributed by atoms with Crippen molar-refractivity contribution < 1.29 is 18.7 Å². The number of halogens is 1. The highest BCUT2D eigenvalue weighted by atomic mass is 19.1. The van der Waals surface area contributed by atoms with E-state index >= 15 is 0 Å². The van der Waals surface area contributed by atoms with Crippen molar-refractivity contribution in [3.8, 4) is 22.8 Å². The smallest absolute Gasteiger partial charge is 0.267 e. The quantitative estimate of drug-likeness (QED) is 0.751. The van der Waals surface area contributed by atoms with Crippen molar-refractivity contribution in [2.24, 2.45) is 0 Å². The molecular formula is C20H16FN3O4. The van der Waals surface area contributed by atoms with Crippen LogP contribution >= 0.6 is 0 Å². The maximum Gasteiger partial charge on any atom is 0.267 e. The molecule has 0 radical (unpaired) electrons. The lowest BCUT2D eigenvalue weighted by molar-refractivity contribution is -0.119. The van der Waals surface area contributed by atoms with Crippen LogP contribution in [0.25, 0.3) is 11.3 Å². The Bertz CT molecular complexity index is 1100. The molecule has 0 bridgehead atoms. The summed E-state index contributed by atoms with van der Waals surface area (Å²) >= 11 is 0. The van der Waals surface area contributed by atoms with Gasteiger partial charge in [-0.1, -0.05) is 0 Å². The number of hydrogen-bond acceptors (Lipinski definition) is 5. The largest absolute Gasteiger partial charge is 0.454 e. The fourth-order valence-corrected chi connectivity index (χ4v) is 2.80. The number of carbonyl (C=O) groups excluding carboxylic acids is 1. The minimum absolute atomic E-state index is 0.159. The van der Waals surface area contributed by atoms with Gasteiger partial charge in [-0.2, -0.15) is 5.10 Å². The van der Waals surface area contributed by atoms with Crippen LogP contribution in [-0.2, 0) is 4.79 Å². The zero-order valence-corrected chi connectivity index (χ0v) is 14.9. The van der Waals surface area contributed by atoms with E-state index in [4.69, 9.17) is 9.47 Å². The van der Waals surface area contributed by atoms with E-state index in [0.29, 0.717) is 22.9 Å². The minimum Gasteiger partial charge on any atom is -0.454 e. The summed E-state index contributed by atoms with van der Waals surface area (Å²) in [5.41, 5.74) is 1.26. The normalized spacial score (nSPS) is 13.2. The molecule has 0 saturated carbocycles. The summed E-state index contributed by atoms with van der Waals surface area (Å²) in [6.07, 6.45) is 0. The maximum absolute atomic E-state index is 13.0. The van der Waals surface area contributed by atoms with E-state index < -0.39 is 23.3 Å². The molecule has 0 fully saturated rings. The Balaban J connectivity index is 1.60. The van der Waals surface area contributed by atoms with Crippen LogP contribution in [0.15, 0.2) is 59.4 Å². The van der Waals surface area contributed by atoms with Crippen molar-refractivity contribution in [3.05, 3.63) is 70.8 Å². The molecule has 1 N–H and O–H groups in total. The van der Waals surface area contributed by atoms with E-state index in [2.05, 4.69) is 10.4 Å². The Morgan fingerprint density at radius 2 is 1.86 bits per heavy atom. The summed E-state index contributed by atoms with van der Waals surface area (Å²) in [6.45, 7) is 1.73. The van der Waals surface area contributed by atoms with Crippen LogP contribution in [0.1, 0.15) is 13.0 Å². The molecule has 0 aliphatic carbocycles. The highest BCUT2D eigenvalue weighted by Gasteiger charge is 2.19. The SMILES string of the molecule is CC(C(=O)Nc1ccc(F)cc1)n1nc(-c2ccc3c(c2)OCO3)ccc1=O. The summed E-state index contributed by atoms with van der Waals surface area (Å²) in [5, 5.41) is 6.98. The van der Waals surface area contributed by atoms with Crippen LogP contribution in [0.4, 0.5) is 10.1 Å². The van der Waals surface area contributed by atoms with Gasteiger partial charge < -0.3 is 14.8 Å². The van der Waals surface area contributed by atoms with Gasteiger partial charge in [0.25, 0.3) is 5.56 Å². The third-order valence-corrected chi connectivity index (χ3v) is 4.35. The first-order valence-electron chi connectivity index (χ1n) is 8.57. The molecule has 4 rings (SSSR count). The van der Waals surface area contributed by atoms with Crippen LogP contribution < -0.4 is 20.3 Å². The molecule has 1 amide bonds. The Hall–Kier alpha value is -3.68. The molecule has 28 heavy (non-hydrogen) atoms.